The van der Waals surface area contributed by atoms with Gasteiger partial charge in [0, 0.05) is 6.04 Å². The van der Waals surface area contributed by atoms with Crippen molar-refractivity contribution < 1.29 is 0 Å². The van der Waals surface area contributed by atoms with Crippen LogP contribution < -0.4 is 5.32 Å². The highest BCUT2D eigenvalue weighted by Crippen LogP contribution is 2.40. The van der Waals surface area contributed by atoms with Crippen molar-refractivity contribution >= 4 is 11.8 Å². The molecule has 0 saturated heterocycles. The summed E-state index contributed by atoms with van der Waals surface area (Å²) in [5, 5.41) is 3.79. The Labute approximate surface area is 124 Å². The van der Waals surface area contributed by atoms with Gasteiger partial charge in [-0.25, -0.2) is 0 Å². The van der Waals surface area contributed by atoms with E-state index in [-0.39, 0.29) is 0 Å². The highest BCUT2D eigenvalue weighted by molar-refractivity contribution is 7.98. The zero-order valence-electron chi connectivity index (χ0n) is 13.2. The lowest BCUT2D eigenvalue weighted by molar-refractivity contribution is 0.137. The molecule has 2 fully saturated rings. The molecule has 0 aromatic rings. The first-order valence-electron chi connectivity index (χ1n) is 8.43. The number of nitrogens with one attached hydrogen (secondary N) is 1. The van der Waals surface area contributed by atoms with Gasteiger partial charge in [-0.15, -0.1) is 0 Å². The molecule has 0 aliphatic heterocycles. The third kappa shape index (κ3) is 5.30. The van der Waals surface area contributed by atoms with Gasteiger partial charge in [0.15, 0.2) is 0 Å². The van der Waals surface area contributed by atoms with Crippen molar-refractivity contribution in [2.24, 2.45) is 23.7 Å². The standard InChI is InChI=1S/C17H33NS/c1-13(2)14-6-7-16(12-18-17-8-9-17)15(11-14)5-4-10-19-3/h13-18H,4-12H2,1-3H3. The summed E-state index contributed by atoms with van der Waals surface area (Å²) < 4.78 is 0. The summed E-state index contributed by atoms with van der Waals surface area (Å²) in [5.74, 6) is 5.21. The second kappa shape index (κ2) is 7.93. The summed E-state index contributed by atoms with van der Waals surface area (Å²) in [4.78, 5) is 0. The smallest absolute Gasteiger partial charge is 0.00683 e. The normalized spacial score (nSPS) is 31.9. The molecule has 2 saturated carbocycles. The van der Waals surface area contributed by atoms with Crippen molar-refractivity contribution in [2.45, 2.75) is 64.8 Å². The average molecular weight is 284 g/mol. The molecule has 2 heteroatoms. The molecule has 0 amide bonds. The predicted molar refractivity (Wildman–Crippen MR) is 87.8 cm³/mol. The van der Waals surface area contributed by atoms with Crippen molar-refractivity contribution in [2.75, 3.05) is 18.6 Å². The summed E-state index contributed by atoms with van der Waals surface area (Å²) in [6, 6.07) is 0.884. The van der Waals surface area contributed by atoms with Gasteiger partial charge in [0.05, 0.1) is 0 Å². The van der Waals surface area contributed by atoms with E-state index in [0.29, 0.717) is 0 Å². The van der Waals surface area contributed by atoms with E-state index in [1.54, 1.807) is 0 Å². The molecule has 0 bridgehead atoms. The summed E-state index contributed by atoms with van der Waals surface area (Å²) in [6.07, 6.45) is 12.5. The lowest BCUT2D eigenvalue weighted by Crippen LogP contribution is -2.35. The number of hydrogen-bond donors (Lipinski definition) is 1. The molecule has 112 valence electrons. The minimum absolute atomic E-state index is 0.884. The van der Waals surface area contributed by atoms with Crippen LogP contribution in [0.4, 0.5) is 0 Å². The quantitative estimate of drug-likeness (QED) is 0.655. The summed E-state index contributed by atoms with van der Waals surface area (Å²) in [7, 11) is 0. The second-order valence-electron chi connectivity index (χ2n) is 7.15. The van der Waals surface area contributed by atoms with Crippen LogP contribution in [-0.4, -0.2) is 24.6 Å². The Morgan fingerprint density at radius 1 is 1.11 bits per heavy atom. The van der Waals surface area contributed by atoms with Crippen LogP contribution in [0.5, 0.6) is 0 Å². The molecule has 3 unspecified atom stereocenters. The van der Waals surface area contributed by atoms with Gasteiger partial charge in [-0.2, -0.15) is 11.8 Å². The maximum atomic E-state index is 3.79. The minimum Gasteiger partial charge on any atom is -0.314 e. The largest absolute Gasteiger partial charge is 0.314 e. The fourth-order valence-corrected chi connectivity index (χ4v) is 4.14. The molecule has 19 heavy (non-hydrogen) atoms. The van der Waals surface area contributed by atoms with Crippen LogP contribution in [0.25, 0.3) is 0 Å². The topological polar surface area (TPSA) is 12.0 Å². The number of hydrogen-bond acceptors (Lipinski definition) is 2. The maximum Gasteiger partial charge on any atom is 0.00683 e. The SMILES string of the molecule is CSCCCC1CC(C(C)C)CCC1CNC1CC1. The van der Waals surface area contributed by atoms with E-state index < -0.39 is 0 Å². The van der Waals surface area contributed by atoms with Crippen LogP contribution in [0.1, 0.15) is 58.8 Å². The van der Waals surface area contributed by atoms with E-state index in [4.69, 9.17) is 0 Å². The van der Waals surface area contributed by atoms with Crippen molar-refractivity contribution in [3.05, 3.63) is 0 Å². The Kier molecular flexibility index (Phi) is 6.55. The third-order valence-corrected chi connectivity index (χ3v) is 5.99. The summed E-state index contributed by atoms with van der Waals surface area (Å²) in [6.45, 7) is 6.15. The lowest BCUT2D eigenvalue weighted by Gasteiger charge is -2.38. The number of thioether (sulfide) groups is 1. The monoisotopic (exact) mass is 283 g/mol. The Balaban J connectivity index is 1.79. The van der Waals surface area contributed by atoms with Gasteiger partial charge >= 0.3 is 0 Å². The van der Waals surface area contributed by atoms with Gasteiger partial charge in [-0.3, -0.25) is 0 Å². The van der Waals surface area contributed by atoms with Crippen LogP contribution in [0.15, 0.2) is 0 Å². The van der Waals surface area contributed by atoms with E-state index in [9.17, 15) is 0 Å². The van der Waals surface area contributed by atoms with Crippen molar-refractivity contribution in [3.8, 4) is 0 Å². The van der Waals surface area contributed by atoms with Crippen LogP contribution in [0, 0.1) is 23.7 Å². The number of rotatable bonds is 8. The highest BCUT2D eigenvalue weighted by atomic mass is 32.2. The molecule has 0 aromatic carbocycles. The van der Waals surface area contributed by atoms with Gasteiger partial charge in [-0.05, 0) is 87.2 Å². The molecule has 0 spiro atoms. The van der Waals surface area contributed by atoms with Gasteiger partial charge in [0.2, 0.25) is 0 Å². The minimum atomic E-state index is 0.884. The van der Waals surface area contributed by atoms with Crippen LogP contribution in [0.2, 0.25) is 0 Å². The van der Waals surface area contributed by atoms with Crippen LogP contribution in [0.3, 0.4) is 0 Å². The van der Waals surface area contributed by atoms with Crippen LogP contribution in [-0.2, 0) is 0 Å². The average Bonchev–Trinajstić information content (AvgIpc) is 3.21. The second-order valence-corrected chi connectivity index (χ2v) is 8.14. The van der Waals surface area contributed by atoms with E-state index in [1.165, 1.54) is 57.2 Å². The van der Waals surface area contributed by atoms with Crippen molar-refractivity contribution in [1.29, 1.82) is 0 Å². The molecule has 3 atom stereocenters. The van der Waals surface area contributed by atoms with E-state index in [1.807, 2.05) is 11.8 Å². The zero-order chi connectivity index (χ0) is 13.7. The molecule has 1 nitrogen and oxygen atoms in total. The van der Waals surface area contributed by atoms with Crippen LogP contribution >= 0.6 is 11.8 Å². The Hall–Kier alpha value is 0.310. The van der Waals surface area contributed by atoms with E-state index in [0.717, 1.165) is 29.7 Å². The van der Waals surface area contributed by atoms with Gasteiger partial charge in [-0.1, -0.05) is 13.8 Å². The first kappa shape index (κ1) is 15.7. The van der Waals surface area contributed by atoms with E-state index >= 15 is 0 Å². The first-order chi connectivity index (χ1) is 9.20. The van der Waals surface area contributed by atoms with Gasteiger partial charge in [0.25, 0.3) is 0 Å². The van der Waals surface area contributed by atoms with Gasteiger partial charge in [0.1, 0.15) is 0 Å². The molecule has 1 N–H and O–H groups in total. The molecule has 2 aliphatic rings. The zero-order valence-corrected chi connectivity index (χ0v) is 14.0. The highest BCUT2D eigenvalue weighted by Gasteiger charge is 2.32. The summed E-state index contributed by atoms with van der Waals surface area (Å²) >= 11 is 2.01. The molecule has 0 heterocycles. The molecule has 0 radical (unpaired) electrons. The molecule has 0 aromatic heterocycles. The maximum absolute atomic E-state index is 3.79. The lowest BCUT2D eigenvalue weighted by atomic mass is 9.69. The van der Waals surface area contributed by atoms with Crippen molar-refractivity contribution in [1.82, 2.24) is 5.32 Å². The fraction of sp³-hybridized carbons (Fsp3) is 1.00. The fourth-order valence-electron chi connectivity index (χ4n) is 3.69. The first-order valence-corrected chi connectivity index (χ1v) is 9.82. The molecule has 2 aliphatic carbocycles. The molecular weight excluding hydrogens is 250 g/mol. The Morgan fingerprint density at radius 2 is 1.89 bits per heavy atom. The predicted octanol–water partition coefficient (Wildman–Crippen LogP) is 4.57. The molecule has 2 rings (SSSR count). The Bertz CT molecular complexity index is 250. The summed E-state index contributed by atoms with van der Waals surface area (Å²) in [5.41, 5.74) is 0. The third-order valence-electron chi connectivity index (χ3n) is 5.29. The Morgan fingerprint density at radius 3 is 2.53 bits per heavy atom. The van der Waals surface area contributed by atoms with E-state index in [2.05, 4.69) is 25.4 Å². The van der Waals surface area contributed by atoms with Crippen molar-refractivity contribution in [3.63, 3.8) is 0 Å². The molecular formula is C17H33NS. The van der Waals surface area contributed by atoms with Gasteiger partial charge < -0.3 is 5.32 Å².